The Hall–Kier alpha value is -1.13. The number of aryl methyl sites for hydroxylation is 2. The lowest BCUT2D eigenvalue weighted by atomic mass is 9.92. The highest BCUT2D eigenvalue weighted by Crippen LogP contribution is 2.35. The zero-order chi connectivity index (χ0) is 15.9. The van der Waals surface area contributed by atoms with Crippen LogP contribution in [0.1, 0.15) is 37.6 Å². The van der Waals surface area contributed by atoms with E-state index >= 15 is 0 Å². The van der Waals surface area contributed by atoms with Crippen LogP contribution in [0, 0.1) is 13.8 Å². The van der Waals surface area contributed by atoms with Crippen LogP contribution in [-0.2, 0) is 5.41 Å². The molecule has 5 heteroatoms. The van der Waals surface area contributed by atoms with Crippen LogP contribution in [0.5, 0.6) is 5.75 Å². The Labute approximate surface area is 138 Å². The predicted octanol–water partition coefficient (Wildman–Crippen LogP) is 5.18. The summed E-state index contributed by atoms with van der Waals surface area (Å²) in [6.45, 7) is 9.95. The van der Waals surface area contributed by atoms with Crippen LogP contribution in [0.3, 0.4) is 0 Å². The van der Waals surface area contributed by atoms with Crippen molar-refractivity contribution < 1.29 is 5.11 Å². The van der Waals surface area contributed by atoms with Crippen LogP contribution >= 0.6 is 27.5 Å². The lowest BCUT2D eigenvalue weighted by molar-refractivity contribution is 0.467. The molecule has 0 aliphatic rings. The van der Waals surface area contributed by atoms with E-state index in [9.17, 15) is 5.11 Å². The topological polar surface area (TPSA) is 46.0 Å². The van der Waals surface area contributed by atoms with Crippen molar-refractivity contribution in [2.45, 2.75) is 40.0 Å². The Morgan fingerprint density at radius 1 is 1.10 bits per heavy atom. The maximum absolute atomic E-state index is 9.89. The minimum Gasteiger partial charge on any atom is -0.507 e. The van der Waals surface area contributed by atoms with E-state index in [1.807, 2.05) is 26.0 Å². The maximum atomic E-state index is 9.89. The van der Waals surface area contributed by atoms with Crippen molar-refractivity contribution >= 4 is 27.5 Å². The molecule has 112 valence electrons. The molecule has 1 heterocycles. The fourth-order valence-corrected chi connectivity index (χ4v) is 3.07. The molecular formula is C16H18BrClN2O. The summed E-state index contributed by atoms with van der Waals surface area (Å²) in [4.78, 5) is 9.02. The molecule has 3 nitrogen and oxygen atoms in total. The van der Waals surface area contributed by atoms with Gasteiger partial charge in [0, 0.05) is 11.0 Å². The fraction of sp³-hybridized carbons (Fsp3) is 0.375. The molecule has 0 saturated carbocycles. The highest BCUT2D eigenvalue weighted by atomic mass is 79.9. The number of aromatic hydroxyl groups is 1. The molecule has 0 atom stereocenters. The SMILES string of the molecule is Cc1cc(-c2nc(Cl)c(Br)c(C(C)(C)C)n2)cc(C)c1O. The first-order chi connectivity index (χ1) is 9.61. The van der Waals surface area contributed by atoms with Crippen molar-refractivity contribution in [1.29, 1.82) is 0 Å². The van der Waals surface area contributed by atoms with Crippen LogP contribution in [0.2, 0.25) is 5.15 Å². The Bertz CT molecular complexity index is 685. The second kappa shape index (κ2) is 5.58. The first kappa shape index (κ1) is 16.2. The van der Waals surface area contributed by atoms with E-state index in [1.165, 1.54) is 0 Å². The van der Waals surface area contributed by atoms with Gasteiger partial charge in [-0.15, -0.1) is 0 Å². The van der Waals surface area contributed by atoms with E-state index in [0.717, 1.165) is 26.9 Å². The molecule has 0 unspecified atom stereocenters. The van der Waals surface area contributed by atoms with E-state index < -0.39 is 0 Å². The molecule has 21 heavy (non-hydrogen) atoms. The third kappa shape index (κ3) is 3.22. The van der Waals surface area contributed by atoms with Gasteiger partial charge in [-0.1, -0.05) is 32.4 Å². The fourth-order valence-electron chi connectivity index (χ4n) is 2.13. The zero-order valence-electron chi connectivity index (χ0n) is 12.8. The molecule has 0 radical (unpaired) electrons. The molecule has 1 aromatic heterocycles. The van der Waals surface area contributed by atoms with Crippen molar-refractivity contribution in [2.75, 3.05) is 0 Å². The van der Waals surface area contributed by atoms with E-state index in [-0.39, 0.29) is 5.41 Å². The summed E-state index contributed by atoms with van der Waals surface area (Å²) in [5.41, 5.74) is 3.15. The van der Waals surface area contributed by atoms with E-state index in [1.54, 1.807) is 0 Å². The van der Waals surface area contributed by atoms with Crippen LogP contribution in [0.25, 0.3) is 11.4 Å². The van der Waals surface area contributed by atoms with Gasteiger partial charge in [-0.2, -0.15) is 0 Å². The van der Waals surface area contributed by atoms with Crippen LogP contribution in [0.15, 0.2) is 16.6 Å². The van der Waals surface area contributed by atoms with E-state index in [4.69, 9.17) is 11.6 Å². The molecule has 0 saturated heterocycles. The number of phenols is 1. The van der Waals surface area contributed by atoms with Crippen LogP contribution in [-0.4, -0.2) is 15.1 Å². The second-order valence-electron chi connectivity index (χ2n) is 6.21. The number of phenolic OH excluding ortho intramolecular Hbond substituents is 1. The molecule has 0 fully saturated rings. The summed E-state index contributed by atoms with van der Waals surface area (Å²) in [5, 5.41) is 10.3. The van der Waals surface area contributed by atoms with E-state index in [0.29, 0.717) is 16.7 Å². The number of rotatable bonds is 1. The Morgan fingerprint density at radius 2 is 1.62 bits per heavy atom. The number of halogens is 2. The first-order valence-corrected chi connectivity index (χ1v) is 7.82. The highest BCUT2D eigenvalue weighted by Gasteiger charge is 2.23. The monoisotopic (exact) mass is 368 g/mol. The third-order valence-corrected chi connectivity index (χ3v) is 4.52. The van der Waals surface area contributed by atoms with E-state index in [2.05, 4.69) is 46.7 Å². The van der Waals surface area contributed by atoms with Crippen LogP contribution < -0.4 is 0 Å². The van der Waals surface area contributed by atoms with Gasteiger partial charge in [0.05, 0.1) is 10.2 Å². The number of hydrogen-bond donors (Lipinski definition) is 1. The lowest BCUT2D eigenvalue weighted by Gasteiger charge is -2.20. The molecule has 0 aliphatic heterocycles. The van der Waals surface area contributed by atoms with Crippen molar-refractivity contribution in [3.8, 4) is 17.1 Å². The van der Waals surface area contributed by atoms with Crippen molar-refractivity contribution in [3.63, 3.8) is 0 Å². The molecule has 0 aliphatic carbocycles. The minimum atomic E-state index is -0.152. The standard InChI is InChI=1S/C16H18BrClN2O/c1-8-6-10(7-9(2)12(8)21)15-19-13(16(3,4)5)11(17)14(18)20-15/h6-7,21H,1-5H3. The van der Waals surface area contributed by atoms with Gasteiger partial charge in [0.2, 0.25) is 0 Å². The normalized spacial score (nSPS) is 11.8. The van der Waals surface area contributed by atoms with Gasteiger partial charge in [0.15, 0.2) is 5.82 Å². The number of hydrogen-bond acceptors (Lipinski definition) is 3. The summed E-state index contributed by atoms with van der Waals surface area (Å²) in [6, 6.07) is 3.74. The van der Waals surface area contributed by atoms with Gasteiger partial charge in [0.1, 0.15) is 10.9 Å². The maximum Gasteiger partial charge on any atom is 0.161 e. The molecule has 0 bridgehead atoms. The average Bonchev–Trinajstić information content (AvgIpc) is 2.37. The second-order valence-corrected chi connectivity index (χ2v) is 7.36. The molecule has 0 amide bonds. The zero-order valence-corrected chi connectivity index (χ0v) is 15.1. The molecule has 2 aromatic rings. The average molecular weight is 370 g/mol. The van der Waals surface area contributed by atoms with Gasteiger partial charge in [-0.05, 0) is 53.0 Å². The van der Waals surface area contributed by atoms with Crippen molar-refractivity contribution in [1.82, 2.24) is 9.97 Å². The van der Waals surface area contributed by atoms with Crippen molar-refractivity contribution in [3.05, 3.63) is 38.6 Å². The predicted molar refractivity (Wildman–Crippen MR) is 90.0 cm³/mol. The summed E-state index contributed by atoms with van der Waals surface area (Å²) in [6.07, 6.45) is 0. The Morgan fingerprint density at radius 3 is 2.10 bits per heavy atom. The minimum absolute atomic E-state index is 0.152. The third-order valence-electron chi connectivity index (χ3n) is 3.27. The van der Waals surface area contributed by atoms with Gasteiger partial charge in [-0.3, -0.25) is 0 Å². The van der Waals surface area contributed by atoms with Crippen molar-refractivity contribution in [2.24, 2.45) is 0 Å². The number of benzene rings is 1. The smallest absolute Gasteiger partial charge is 0.161 e. The summed E-state index contributed by atoms with van der Waals surface area (Å²) in [7, 11) is 0. The molecular weight excluding hydrogens is 352 g/mol. The summed E-state index contributed by atoms with van der Waals surface area (Å²) in [5.74, 6) is 0.873. The largest absolute Gasteiger partial charge is 0.507 e. The molecule has 1 N–H and O–H groups in total. The van der Waals surface area contributed by atoms with Gasteiger partial charge < -0.3 is 5.11 Å². The number of nitrogens with zero attached hydrogens (tertiary/aromatic N) is 2. The van der Waals surface area contributed by atoms with Gasteiger partial charge in [0.25, 0.3) is 0 Å². The highest BCUT2D eigenvalue weighted by molar-refractivity contribution is 9.10. The summed E-state index contributed by atoms with van der Waals surface area (Å²) < 4.78 is 0.729. The first-order valence-electron chi connectivity index (χ1n) is 6.65. The lowest BCUT2D eigenvalue weighted by Crippen LogP contribution is -2.16. The van der Waals surface area contributed by atoms with Crippen LogP contribution in [0.4, 0.5) is 0 Å². The molecule has 1 aromatic carbocycles. The quantitative estimate of drug-likeness (QED) is 0.704. The van der Waals surface area contributed by atoms with Gasteiger partial charge >= 0.3 is 0 Å². The number of aromatic nitrogens is 2. The Balaban J connectivity index is 2.68. The van der Waals surface area contributed by atoms with Gasteiger partial charge in [-0.25, -0.2) is 9.97 Å². The molecule has 0 spiro atoms. The Kier molecular flexibility index (Phi) is 4.31. The summed E-state index contributed by atoms with van der Waals surface area (Å²) >= 11 is 9.70. The molecule has 2 rings (SSSR count).